The van der Waals surface area contributed by atoms with Crippen LogP contribution >= 0.6 is 0 Å². The summed E-state index contributed by atoms with van der Waals surface area (Å²) in [6, 6.07) is 0.445. The number of aliphatic hydroxyl groups excluding tert-OH is 1. The minimum Gasteiger partial charge on any atom is -0.396 e. The first-order chi connectivity index (χ1) is 7.67. The van der Waals surface area contributed by atoms with Crippen LogP contribution < -0.4 is 5.32 Å². The third-order valence-electron chi connectivity index (χ3n) is 3.94. The first-order valence-corrected chi connectivity index (χ1v) is 6.67. The molecule has 1 unspecified atom stereocenters. The summed E-state index contributed by atoms with van der Waals surface area (Å²) in [6.45, 7) is 8.50. The van der Waals surface area contributed by atoms with Gasteiger partial charge >= 0.3 is 0 Å². The maximum absolute atomic E-state index is 8.95. The van der Waals surface area contributed by atoms with E-state index in [1.165, 1.54) is 25.9 Å². The maximum Gasteiger partial charge on any atom is 0.0446 e. The molecule has 0 saturated carbocycles. The Labute approximate surface area is 100 Å². The molecule has 1 aliphatic heterocycles. The summed E-state index contributed by atoms with van der Waals surface area (Å²) in [6.07, 6.45) is 3.54. The standard InChI is InChI=1S/C13H28N2O/c1-11(2)12-4-7-15(8-5-12)10-13(14-3)6-9-16/h11-14,16H,4-10H2,1-3H3. The summed E-state index contributed by atoms with van der Waals surface area (Å²) in [5.74, 6) is 1.75. The van der Waals surface area contributed by atoms with Crippen LogP contribution in [0.3, 0.4) is 0 Å². The summed E-state index contributed by atoms with van der Waals surface area (Å²) in [5, 5.41) is 12.2. The van der Waals surface area contributed by atoms with Crippen molar-refractivity contribution in [3.8, 4) is 0 Å². The van der Waals surface area contributed by atoms with E-state index in [4.69, 9.17) is 5.11 Å². The molecule has 0 aromatic carbocycles. The van der Waals surface area contributed by atoms with Gasteiger partial charge in [0.25, 0.3) is 0 Å². The number of hydrogen-bond donors (Lipinski definition) is 2. The van der Waals surface area contributed by atoms with E-state index in [0.717, 1.165) is 24.8 Å². The zero-order valence-electron chi connectivity index (χ0n) is 11.1. The second-order valence-electron chi connectivity index (χ2n) is 5.38. The van der Waals surface area contributed by atoms with Crippen molar-refractivity contribution in [2.24, 2.45) is 11.8 Å². The van der Waals surface area contributed by atoms with E-state index < -0.39 is 0 Å². The van der Waals surface area contributed by atoms with Crippen LogP contribution in [0.15, 0.2) is 0 Å². The molecule has 16 heavy (non-hydrogen) atoms. The molecule has 0 amide bonds. The van der Waals surface area contributed by atoms with Gasteiger partial charge in [-0.15, -0.1) is 0 Å². The number of nitrogens with one attached hydrogen (secondary N) is 1. The number of aliphatic hydroxyl groups is 1. The molecule has 3 heteroatoms. The van der Waals surface area contributed by atoms with Crippen LogP contribution in [0.2, 0.25) is 0 Å². The highest BCUT2D eigenvalue weighted by atomic mass is 16.3. The molecule has 0 aliphatic carbocycles. The Bertz CT molecular complexity index is 177. The lowest BCUT2D eigenvalue weighted by Gasteiger charge is -2.35. The molecule has 0 bridgehead atoms. The summed E-state index contributed by atoms with van der Waals surface area (Å²) in [7, 11) is 1.99. The number of nitrogens with zero attached hydrogens (tertiary/aromatic N) is 1. The Balaban J connectivity index is 2.25. The van der Waals surface area contributed by atoms with E-state index in [0.29, 0.717) is 6.04 Å². The molecule has 1 atom stereocenters. The van der Waals surface area contributed by atoms with Crippen molar-refractivity contribution in [2.45, 2.75) is 39.2 Å². The van der Waals surface area contributed by atoms with E-state index in [1.54, 1.807) is 0 Å². The van der Waals surface area contributed by atoms with Gasteiger partial charge in [0.15, 0.2) is 0 Å². The van der Waals surface area contributed by atoms with E-state index in [1.807, 2.05) is 7.05 Å². The normalized spacial score (nSPS) is 21.6. The molecular formula is C13H28N2O. The quantitative estimate of drug-likeness (QED) is 0.720. The van der Waals surface area contributed by atoms with Crippen molar-refractivity contribution < 1.29 is 5.11 Å². The molecule has 3 nitrogen and oxygen atoms in total. The maximum atomic E-state index is 8.95. The molecule has 1 saturated heterocycles. The zero-order valence-corrected chi connectivity index (χ0v) is 11.1. The summed E-state index contributed by atoms with van der Waals surface area (Å²) in [4.78, 5) is 2.54. The second kappa shape index (κ2) is 7.25. The molecule has 0 spiro atoms. The molecule has 1 heterocycles. The first-order valence-electron chi connectivity index (χ1n) is 6.67. The van der Waals surface area contributed by atoms with Crippen LogP contribution in [-0.4, -0.2) is 49.3 Å². The summed E-state index contributed by atoms with van der Waals surface area (Å²) in [5.41, 5.74) is 0. The highest BCUT2D eigenvalue weighted by molar-refractivity contribution is 4.77. The molecule has 0 aromatic rings. The third kappa shape index (κ3) is 4.40. The molecule has 0 radical (unpaired) electrons. The zero-order chi connectivity index (χ0) is 12.0. The van der Waals surface area contributed by atoms with E-state index in [2.05, 4.69) is 24.1 Å². The van der Waals surface area contributed by atoms with Gasteiger partial charge in [-0.3, -0.25) is 0 Å². The molecule has 0 aromatic heterocycles. The highest BCUT2D eigenvalue weighted by Crippen LogP contribution is 2.24. The Kier molecular flexibility index (Phi) is 6.32. The van der Waals surface area contributed by atoms with Gasteiger partial charge in [0.1, 0.15) is 0 Å². The minimum atomic E-state index is 0.286. The van der Waals surface area contributed by atoms with Gasteiger partial charge in [-0.2, -0.15) is 0 Å². The molecule has 1 rings (SSSR count). The van der Waals surface area contributed by atoms with Crippen molar-refractivity contribution in [3.63, 3.8) is 0 Å². The van der Waals surface area contributed by atoms with Crippen LogP contribution in [0.4, 0.5) is 0 Å². The minimum absolute atomic E-state index is 0.286. The summed E-state index contributed by atoms with van der Waals surface area (Å²) >= 11 is 0. The molecule has 96 valence electrons. The SMILES string of the molecule is CNC(CCO)CN1CCC(C(C)C)CC1. The van der Waals surface area contributed by atoms with Gasteiger partial charge in [-0.05, 0) is 51.2 Å². The largest absolute Gasteiger partial charge is 0.396 e. The van der Waals surface area contributed by atoms with Crippen molar-refractivity contribution in [1.29, 1.82) is 0 Å². The van der Waals surface area contributed by atoms with Crippen LogP contribution in [0.1, 0.15) is 33.1 Å². The fraction of sp³-hybridized carbons (Fsp3) is 1.00. The Morgan fingerprint density at radius 1 is 1.31 bits per heavy atom. The third-order valence-corrected chi connectivity index (χ3v) is 3.94. The van der Waals surface area contributed by atoms with Gasteiger partial charge in [-0.1, -0.05) is 13.8 Å². The second-order valence-corrected chi connectivity index (χ2v) is 5.38. The predicted octanol–water partition coefficient (Wildman–Crippen LogP) is 1.32. The van der Waals surface area contributed by atoms with Crippen LogP contribution in [0.25, 0.3) is 0 Å². The predicted molar refractivity (Wildman–Crippen MR) is 68.6 cm³/mol. The fourth-order valence-corrected chi connectivity index (χ4v) is 2.60. The van der Waals surface area contributed by atoms with E-state index >= 15 is 0 Å². The molecule has 2 N–H and O–H groups in total. The molecular weight excluding hydrogens is 200 g/mol. The van der Waals surface area contributed by atoms with E-state index in [-0.39, 0.29) is 6.61 Å². The number of likely N-dealkylation sites (tertiary alicyclic amines) is 1. The Morgan fingerprint density at radius 3 is 2.38 bits per heavy atom. The fourth-order valence-electron chi connectivity index (χ4n) is 2.60. The van der Waals surface area contributed by atoms with Crippen LogP contribution in [0.5, 0.6) is 0 Å². The van der Waals surface area contributed by atoms with Gasteiger partial charge in [-0.25, -0.2) is 0 Å². The summed E-state index contributed by atoms with van der Waals surface area (Å²) < 4.78 is 0. The first kappa shape index (κ1) is 13.9. The van der Waals surface area contributed by atoms with E-state index in [9.17, 15) is 0 Å². The van der Waals surface area contributed by atoms with Crippen molar-refractivity contribution in [3.05, 3.63) is 0 Å². The van der Waals surface area contributed by atoms with Gasteiger partial charge < -0.3 is 15.3 Å². The van der Waals surface area contributed by atoms with Gasteiger partial charge in [0.2, 0.25) is 0 Å². The Morgan fingerprint density at radius 2 is 1.94 bits per heavy atom. The smallest absolute Gasteiger partial charge is 0.0446 e. The van der Waals surface area contributed by atoms with Gasteiger partial charge in [0.05, 0.1) is 0 Å². The van der Waals surface area contributed by atoms with Crippen molar-refractivity contribution in [1.82, 2.24) is 10.2 Å². The number of hydrogen-bond acceptors (Lipinski definition) is 3. The monoisotopic (exact) mass is 228 g/mol. The molecule has 1 aliphatic rings. The molecule has 1 fully saturated rings. The van der Waals surface area contributed by atoms with Gasteiger partial charge in [0, 0.05) is 19.2 Å². The lowest BCUT2D eigenvalue weighted by Crippen LogP contribution is -2.44. The number of likely N-dealkylation sites (N-methyl/N-ethyl adjacent to an activating group) is 1. The lowest BCUT2D eigenvalue weighted by atomic mass is 9.86. The lowest BCUT2D eigenvalue weighted by molar-refractivity contribution is 0.139. The Hall–Kier alpha value is -0.120. The number of piperidine rings is 1. The highest BCUT2D eigenvalue weighted by Gasteiger charge is 2.22. The average molecular weight is 228 g/mol. The van der Waals surface area contributed by atoms with Crippen LogP contribution in [0, 0.1) is 11.8 Å². The van der Waals surface area contributed by atoms with Crippen molar-refractivity contribution in [2.75, 3.05) is 33.3 Å². The topological polar surface area (TPSA) is 35.5 Å². The van der Waals surface area contributed by atoms with Crippen LogP contribution in [-0.2, 0) is 0 Å². The van der Waals surface area contributed by atoms with Crippen molar-refractivity contribution >= 4 is 0 Å². The average Bonchev–Trinajstić information content (AvgIpc) is 2.29. The number of rotatable bonds is 6.